The highest BCUT2D eigenvalue weighted by Gasteiger charge is 2.07. The summed E-state index contributed by atoms with van der Waals surface area (Å²) in [6.07, 6.45) is -0.649. The molecule has 1 aromatic carbocycles. The van der Waals surface area contributed by atoms with Crippen molar-refractivity contribution >= 4 is 41.5 Å². The zero-order valence-corrected chi connectivity index (χ0v) is 16.1. The summed E-state index contributed by atoms with van der Waals surface area (Å²) < 4.78 is 5.26. The molecular weight excluding hydrogens is 417 g/mol. The number of hydrogen-bond acceptors (Lipinski definition) is 3. The van der Waals surface area contributed by atoms with E-state index in [-0.39, 0.29) is 30.5 Å². The molecule has 1 aromatic rings. The summed E-state index contributed by atoms with van der Waals surface area (Å²) >= 11 is 5.83. The Bertz CT molecular complexity index is 429. The van der Waals surface area contributed by atoms with E-state index in [1.54, 1.807) is 24.3 Å². The minimum atomic E-state index is -0.649. The van der Waals surface area contributed by atoms with E-state index in [1.165, 1.54) is 0 Å². The molecule has 0 aliphatic carbocycles. The molecule has 0 aromatic heterocycles. The van der Waals surface area contributed by atoms with Crippen molar-refractivity contribution in [3.8, 4) is 0 Å². The van der Waals surface area contributed by atoms with Crippen LogP contribution in [0, 0.1) is 0 Å². The van der Waals surface area contributed by atoms with Crippen molar-refractivity contribution in [2.75, 3.05) is 32.8 Å². The molecule has 0 bridgehead atoms. The molecule has 0 heterocycles. The Balaban J connectivity index is 0.00000441. The molecule has 0 radical (unpaired) electrons. The summed E-state index contributed by atoms with van der Waals surface area (Å²) in [4.78, 5) is 4.37. The molecule has 126 valence electrons. The van der Waals surface area contributed by atoms with Crippen molar-refractivity contribution < 1.29 is 9.84 Å². The third-order valence-corrected chi connectivity index (χ3v) is 3.02. The van der Waals surface area contributed by atoms with Crippen LogP contribution in [0.15, 0.2) is 29.3 Å². The Morgan fingerprint density at radius 1 is 1.27 bits per heavy atom. The number of hydrogen-bond donors (Lipinski definition) is 3. The highest BCUT2D eigenvalue weighted by Crippen LogP contribution is 2.16. The number of halogens is 2. The van der Waals surface area contributed by atoms with E-state index in [1.807, 2.05) is 13.8 Å². The second-order valence-electron chi connectivity index (χ2n) is 4.41. The Hall–Kier alpha value is -0.570. The molecule has 0 saturated heterocycles. The first-order valence-electron chi connectivity index (χ1n) is 7.20. The maximum Gasteiger partial charge on any atom is 0.191 e. The van der Waals surface area contributed by atoms with E-state index in [4.69, 9.17) is 16.3 Å². The summed E-state index contributed by atoms with van der Waals surface area (Å²) in [6.45, 7) is 7.00. The van der Waals surface area contributed by atoms with Gasteiger partial charge in [0.1, 0.15) is 0 Å². The van der Waals surface area contributed by atoms with Crippen LogP contribution < -0.4 is 10.6 Å². The lowest BCUT2D eigenvalue weighted by Gasteiger charge is -2.13. The molecule has 0 amide bonds. The van der Waals surface area contributed by atoms with Crippen LogP contribution in [0.3, 0.4) is 0 Å². The van der Waals surface area contributed by atoms with E-state index in [2.05, 4.69) is 15.6 Å². The number of rotatable bonds is 8. The third-order valence-electron chi connectivity index (χ3n) is 2.76. The van der Waals surface area contributed by atoms with Gasteiger partial charge in [0, 0.05) is 24.7 Å². The first kappa shape index (κ1) is 21.4. The van der Waals surface area contributed by atoms with E-state index in [0.717, 1.165) is 12.1 Å². The summed E-state index contributed by atoms with van der Waals surface area (Å²) in [5.74, 6) is 0.671. The van der Waals surface area contributed by atoms with Gasteiger partial charge in [0.05, 0.1) is 19.3 Å². The monoisotopic (exact) mass is 441 g/mol. The topological polar surface area (TPSA) is 65.9 Å². The highest BCUT2D eigenvalue weighted by atomic mass is 127. The molecular formula is C15H25ClIN3O2. The van der Waals surface area contributed by atoms with Crippen molar-refractivity contribution in [2.45, 2.75) is 20.0 Å². The summed E-state index contributed by atoms with van der Waals surface area (Å²) in [5, 5.41) is 17.0. The van der Waals surface area contributed by atoms with Crippen LogP contribution in [0.25, 0.3) is 0 Å². The quantitative estimate of drug-likeness (QED) is 0.251. The Kier molecular flexibility index (Phi) is 12.6. The van der Waals surface area contributed by atoms with Gasteiger partial charge < -0.3 is 20.5 Å². The largest absolute Gasteiger partial charge is 0.386 e. The van der Waals surface area contributed by atoms with Crippen LogP contribution in [0.2, 0.25) is 5.02 Å². The smallest absolute Gasteiger partial charge is 0.191 e. The number of guanidine groups is 1. The van der Waals surface area contributed by atoms with Gasteiger partial charge in [0.2, 0.25) is 0 Å². The number of benzene rings is 1. The lowest BCUT2D eigenvalue weighted by atomic mass is 10.1. The molecule has 0 saturated carbocycles. The Morgan fingerprint density at radius 3 is 2.55 bits per heavy atom. The summed E-state index contributed by atoms with van der Waals surface area (Å²) in [6, 6.07) is 7.13. The van der Waals surface area contributed by atoms with E-state index in [0.29, 0.717) is 30.7 Å². The molecule has 0 spiro atoms. The lowest BCUT2D eigenvalue weighted by Crippen LogP contribution is -2.39. The predicted octanol–water partition coefficient (Wildman–Crippen LogP) is 2.58. The van der Waals surface area contributed by atoms with Crippen LogP contribution in [-0.4, -0.2) is 43.9 Å². The van der Waals surface area contributed by atoms with Gasteiger partial charge in [0.15, 0.2) is 5.96 Å². The Morgan fingerprint density at radius 2 is 1.95 bits per heavy atom. The standard InChI is InChI=1S/C15H24ClN3O2.HI/c1-3-17-15(18-9-10-21-4-2)19-11-14(20)12-5-7-13(16)8-6-12;/h5-8,14,20H,3-4,9-11H2,1-2H3,(H2,17,18,19);1H. The molecule has 0 fully saturated rings. The average molecular weight is 442 g/mol. The van der Waals surface area contributed by atoms with Crippen LogP contribution in [0.1, 0.15) is 25.5 Å². The number of aliphatic hydroxyl groups is 1. The fourth-order valence-corrected chi connectivity index (χ4v) is 1.82. The van der Waals surface area contributed by atoms with Crippen LogP contribution in [0.4, 0.5) is 0 Å². The number of aliphatic imine (C=N–C) groups is 1. The first-order chi connectivity index (χ1) is 10.2. The third kappa shape index (κ3) is 8.77. The Labute approximate surface area is 154 Å². The fourth-order valence-electron chi connectivity index (χ4n) is 1.70. The van der Waals surface area contributed by atoms with Crippen molar-refractivity contribution in [2.24, 2.45) is 4.99 Å². The minimum Gasteiger partial charge on any atom is -0.386 e. The van der Waals surface area contributed by atoms with E-state index < -0.39 is 6.10 Å². The molecule has 1 rings (SSSR count). The normalized spacial score (nSPS) is 12.5. The van der Waals surface area contributed by atoms with Gasteiger partial charge in [-0.25, -0.2) is 0 Å². The van der Waals surface area contributed by atoms with Crippen molar-refractivity contribution in [3.63, 3.8) is 0 Å². The highest BCUT2D eigenvalue weighted by molar-refractivity contribution is 14.0. The zero-order valence-electron chi connectivity index (χ0n) is 13.0. The molecule has 5 nitrogen and oxygen atoms in total. The number of nitrogens with zero attached hydrogens (tertiary/aromatic N) is 1. The zero-order chi connectivity index (χ0) is 15.5. The number of aliphatic hydroxyl groups excluding tert-OH is 1. The number of ether oxygens (including phenoxy) is 1. The van der Waals surface area contributed by atoms with Gasteiger partial charge in [-0.05, 0) is 31.5 Å². The lowest BCUT2D eigenvalue weighted by molar-refractivity contribution is 0.152. The first-order valence-corrected chi connectivity index (χ1v) is 7.58. The van der Waals surface area contributed by atoms with Gasteiger partial charge in [0.25, 0.3) is 0 Å². The van der Waals surface area contributed by atoms with Gasteiger partial charge in [-0.15, -0.1) is 24.0 Å². The molecule has 0 aliphatic heterocycles. The van der Waals surface area contributed by atoms with Crippen molar-refractivity contribution in [1.82, 2.24) is 10.6 Å². The van der Waals surface area contributed by atoms with Crippen LogP contribution in [0.5, 0.6) is 0 Å². The average Bonchev–Trinajstić information content (AvgIpc) is 2.49. The molecule has 3 N–H and O–H groups in total. The molecule has 0 aliphatic rings. The molecule has 1 atom stereocenters. The SMILES string of the molecule is CCNC(=NCC(O)c1ccc(Cl)cc1)NCCOCC.I. The van der Waals surface area contributed by atoms with E-state index in [9.17, 15) is 5.11 Å². The van der Waals surface area contributed by atoms with Crippen LogP contribution in [-0.2, 0) is 4.74 Å². The van der Waals surface area contributed by atoms with Gasteiger partial charge in [-0.1, -0.05) is 23.7 Å². The van der Waals surface area contributed by atoms with E-state index >= 15 is 0 Å². The number of nitrogens with one attached hydrogen (secondary N) is 2. The maximum atomic E-state index is 10.1. The van der Waals surface area contributed by atoms with Crippen LogP contribution >= 0.6 is 35.6 Å². The van der Waals surface area contributed by atoms with Gasteiger partial charge in [-0.2, -0.15) is 0 Å². The second-order valence-corrected chi connectivity index (χ2v) is 4.85. The fraction of sp³-hybridized carbons (Fsp3) is 0.533. The van der Waals surface area contributed by atoms with Crippen molar-refractivity contribution in [3.05, 3.63) is 34.9 Å². The van der Waals surface area contributed by atoms with Gasteiger partial charge in [-0.3, -0.25) is 4.99 Å². The molecule has 1 unspecified atom stereocenters. The van der Waals surface area contributed by atoms with Gasteiger partial charge >= 0.3 is 0 Å². The maximum absolute atomic E-state index is 10.1. The molecule has 22 heavy (non-hydrogen) atoms. The predicted molar refractivity (Wildman–Crippen MR) is 102 cm³/mol. The van der Waals surface area contributed by atoms with Crippen molar-refractivity contribution in [1.29, 1.82) is 0 Å². The summed E-state index contributed by atoms with van der Waals surface area (Å²) in [7, 11) is 0. The molecule has 7 heteroatoms. The minimum absolute atomic E-state index is 0. The second kappa shape index (κ2) is 12.9. The summed E-state index contributed by atoms with van der Waals surface area (Å²) in [5.41, 5.74) is 0.799.